The molecule has 0 aliphatic carbocycles. The highest BCUT2D eigenvalue weighted by molar-refractivity contribution is 6.07. The molecule has 148 valence electrons. The monoisotopic (exact) mass is 388 g/mol. The molecule has 1 saturated heterocycles. The fourth-order valence-electron chi connectivity index (χ4n) is 3.90. The second-order valence-electron chi connectivity index (χ2n) is 7.34. The first-order chi connectivity index (χ1) is 14.2. The molecule has 3 aromatic carbocycles. The van der Waals surface area contributed by atoms with Gasteiger partial charge < -0.3 is 15.0 Å². The van der Waals surface area contributed by atoms with Gasteiger partial charge in [0.15, 0.2) is 0 Å². The summed E-state index contributed by atoms with van der Waals surface area (Å²) in [6, 6.07) is 21.0. The number of carbonyl (C=O) groups excluding carboxylic acids is 2. The second-order valence-corrected chi connectivity index (χ2v) is 7.34. The zero-order chi connectivity index (χ0) is 20.2. The van der Waals surface area contributed by atoms with Gasteiger partial charge in [0.25, 0.3) is 5.91 Å². The molecule has 2 amide bonds. The Morgan fingerprint density at radius 3 is 2.69 bits per heavy atom. The van der Waals surface area contributed by atoms with Crippen LogP contribution in [0.3, 0.4) is 0 Å². The predicted molar refractivity (Wildman–Crippen MR) is 114 cm³/mol. The minimum Gasteiger partial charge on any atom is -0.497 e. The molecule has 1 fully saturated rings. The normalized spacial score (nSPS) is 16.4. The van der Waals surface area contributed by atoms with Gasteiger partial charge >= 0.3 is 0 Å². The maximum absolute atomic E-state index is 13.2. The molecule has 0 aromatic heterocycles. The molecular formula is C24H24N2O3. The minimum atomic E-state index is -0.228. The van der Waals surface area contributed by atoms with E-state index >= 15 is 0 Å². The number of likely N-dealkylation sites (tertiary alicyclic amines) is 1. The standard InChI is InChI=1S/C24H24N2O3/c1-29-20-11-5-10-19(15-20)25-23(27)18-9-6-14-26(16-18)24(28)22-13-4-8-17-7-2-3-12-21(17)22/h2-5,7-8,10-13,15,18H,6,9,14,16H2,1H3,(H,25,27). The van der Waals surface area contributed by atoms with Crippen LogP contribution in [0.1, 0.15) is 23.2 Å². The van der Waals surface area contributed by atoms with Gasteiger partial charge in [-0.25, -0.2) is 0 Å². The van der Waals surface area contributed by atoms with Crippen LogP contribution in [0.5, 0.6) is 5.75 Å². The summed E-state index contributed by atoms with van der Waals surface area (Å²) in [5.74, 6) is 0.391. The Labute approximate surface area is 170 Å². The third kappa shape index (κ3) is 4.09. The van der Waals surface area contributed by atoms with Gasteiger partial charge in [-0.05, 0) is 41.8 Å². The maximum Gasteiger partial charge on any atom is 0.254 e. The topological polar surface area (TPSA) is 58.6 Å². The smallest absolute Gasteiger partial charge is 0.254 e. The fraction of sp³-hybridized carbons (Fsp3) is 0.250. The van der Waals surface area contributed by atoms with E-state index in [1.807, 2.05) is 60.7 Å². The number of rotatable bonds is 4. The van der Waals surface area contributed by atoms with E-state index in [4.69, 9.17) is 4.74 Å². The van der Waals surface area contributed by atoms with Gasteiger partial charge in [-0.1, -0.05) is 42.5 Å². The van der Waals surface area contributed by atoms with Crippen LogP contribution in [-0.4, -0.2) is 36.9 Å². The van der Waals surface area contributed by atoms with Gasteiger partial charge in [-0.2, -0.15) is 0 Å². The number of carbonyl (C=O) groups is 2. The van der Waals surface area contributed by atoms with E-state index in [-0.39, 0.29) is 17.7 Å². The Bertz CT molecular complexity index is 1040. The first-order valence-electron chi connectivity index (χ1n) is 9.87. The highest BCUT2D eigenvalue weighted by Gasteiger charge is 2.29. The minimum absolute atomic E-state index is 0.0133. The number of fused-ring (bicyclic) bond motifs is 1. The molecule has 0 saturated carbocycles. The maximum atomic E-state index is 13.2. The molecule has 3 aromatic rings. The largest absolute Gasteiger partial charge is 0.497 e. The molecule has 1 unspecified atom stereocenters. The summed E-state index contributed by atoms with van der Waals surface area (Å²) < 4.78 is 5.21. The van der Waals surface area contributed by atoms with Crippen molar-refractivity contribution >= 4 is 28.3 Å². The lowest BCUT2D eigenvalue weighted by Crippen LogP contribution is -2.43. The lowest BCUT2D eigenvalue weighted by atomic mass is 9.95. The van der Waals surface area contributed by atoms with Crippen molar-refractivity contribution in [1.82, 2.24) is 4.90 Å². The van der Waals surface area contributed by atoms with Crippen molar-refractivity contribution < 1.29 is 14.3 Å². The van der Waals surface area contributed by atoms with Crippen LogP contribution in [0, 0.1) is 5.92 Å². The zero-order valence-electron chi connectivity index (χ0n) is 16.4. The Morgan fingerprint density at radius 2 is 1.83 bits per heavy atom. The molecule has 5 nitrogen and oxygen atoms in total. The van der Waals surface area contributed by atoms with E-state index in [1.165, 1.54) is 0 Å². The fourth-order valence-corrected chi connectivity index (χ4v) is 3.90. The summed E-state index contributed by atoms with van der Waals surface area (Å²) in [5, 5.41) is 4.95. The first-order valence-corrected chi connectivity index (χ1v) is 9.87. The number of nitrogens with zero attached hydrogens (tertiary/aromatic N) is 1. The summed E-state index contributed by atoms with van der Waals surface area (Å²) in [7, 11) is 1.60. The summed E-state index contributed by atoms with van der Waals surface area (Å²) >= 11 is 0. The van der Waals surface area contributed by atoms with E-state index < -0.39 is 0 Å². The quantitative estimate of drug-likeness (QED) is 0.723. The number of benzene rings is 3. The summed E-state index contributed by atoms with van der Waals surface area (Å²) in [6.45, 7) is 1.10. The van der Waals surface area contributed by atoms with Crippen molar-refractivity contribution in [3.05, 3.63) is 72.3 Å². The Morgan fingerprint density at radius 1 is 1.03 bits per heavy atom. The van der Waals surface area contributed by atoms with E-state index in [9.17, 15) is 9.59 Å². The van der Waals surface area contributed by atoms with Gasteiger partial charge in [0.1, 0.15) is 5.75 Å². The molecule has 1 aliphatic rings. The number of hydrogen-bond acceptors (Lipinski definition) is 3. The third-order valence-electron chi connectivity index (χ3n) is 5.44. The van der Waals surface area contributed by atoms with Gasteiger partial charge in [0, 0.05) is 30.4 Å². The summed E-state index contributed by atoms with van der Waals surface area (Å²) in [4.78, 5) is 27.8. The number of nitrogens with one attached hydrogen (secondary N) is 1. The van der Waals surface area contributed by atoms with E-state index in [0.29, 0.717) is 30.1 Å². The molecule has 1 aliphatic heterocycles. The average molecular weight is 388 g/mol. The van der Waals surface area contributed by atoms with Crippen LogP contribution in [0.2, 0.25) is 0 Å². The average Bonchev–Trinajstić information content (AvgIpc) is 2.78. The van der Waals surface area contributed by atoms with Crippen molar-refractivity contribution in [1.29, 1.82) is 0 Å². The van der Waals surface area contributed by atoms with Crippen molar-refractivity contribution in [2.75, 3.05) is 25.5 Å². The second kappa shape index (κ2) is 8.35. The third-order valence-corrected chi connectivity index (χ3v) is 5.44. The van der Waals surface area contributed by atoms with Gasteiger partial charge in [-0.15, -0.1) is 0 Å². The van der Waals surface area contributed by atoms with Crippen LogP contribution in [0.25, 0.3) is 10.8 Å². The SMILES string of the molecule is COc1cccc(NC(=O)C2CCCN(C(=O)c3cccc4ccccc34)C2)c1. The number of hydrogen-bond donors (Lipinski definition) is 1. The Kier molecular flexibility index (Phi) is 5.47. The predicted octanol–water partition coefficient (Wildman–Crippen LogP) is 4.34. The lowest BCUT2D eigenvalue weighted by Gasteiger charge is -2.32. The molecular weight excluding hydrogens is 364 g/mol. The number of anilines is 1. The zero-order valence-corrected chi connectivity index (χ0v) is 16.4. The van der Waals surface area contributed by atoms with Crippen LogP contribution in [0.15, 0.2) is 66.7 Å². The molecule has 0 bridgehead atoms. The van der Waals surface area contributed by atoms with Crippen LogP contribution in [-0.2, 0) is 4.79 Å². The summed E-state index contributed by atoms with van der Waals surface area (Å²) in [5.41, 5.74) is 1.39. The summed E-state index contributed by atoms with van der Waals surface area (Å²) in [6.07, 6.45) is 1.59. The van der Waals surface area contributed by atoms with E-state index in [0.717, 1.165) is 23.6 Å². The Balaban J connectivity index is 1.49. The van der Waals surface area contributed by atoms with E-state index in [2.05, 4.69) is 5.32 Å². The molecule has 1 atom stereocenters. The first kappa shape index (κ1) is 19.0. The van der Waals surface area contributed by atoms with Crippen LogP contribution < -0.4 is 10.1 Å². The molecule has 4 rings (SSSR count). The lowest BCUT2D eigenvalue weighted by molar-refractivity contribution is -0.121. The number of ether oxygens (including phenoxy) is 1. The number of amides is 2. The van der Waals surface area contributed by atoms with Crippen LogP contribution >= 0.6 is 0 Å². The number of methoxy groups -OCH3 is 1. The van der Waals surface area contributed by atoms with Crippen molar-refractivity contribution in [2.24, 2.45) is 5.92 Å². The Hall–Kier alpha value is -3.34. The molecule has 0 radical (unpaired) electrons. The molecule has 1 heterocycles. The van der Waals surface area contributed by atoms with E-state index in [1.54, 1.807) is 18.1 Å². The van der Waals surface area contributed by atoms with Gasteiger partial charge in [-0.3, -0.25) is 9.59 Å². The molecule has 0 spiro atoms. The van der Waals surface area contributed by atoms with Crippen molar-refractivity contribution in [2.45, 2.75) is 12.8 Å². The van der Waals surface area contributed by atoms with Crippen molar-refractivity contribution in [3.8, 4) is 5.75 Å². The molecule has 1 N–H and O–H groups in total. The van der Waals surface area contributed by atoms with Crippen LogP contribution in [0.4, 0.5) is 5.69 Å². The van der Waals surface area contributed by atoms with Gasteiger partial charge in [0.2, 0.25) is 5.91 Å². The molecule has 5 heteroatoms. The molecule has 29 heavy (non-hydrogen) atoms. The highest BCUT2D eigenvalue weighted by atomic mass is 16.5. The van der Waals surface area contributed by atoms with Crippen molar-refractivity contribution in [3.63, 3.8) is 0 Å². The highest BCUT2D eigenvalue weighted by Crippen LogP contribution is 2.25. The van der Waals surface area contributed by atoms with Gasteiger partial charge in [0.05, 0.1) is 13.0 Å². The number of piperidine rings is 1.